The third-order valence-electron chi connectivity index (χ3n) is 7.09. The zero-order chi connectivity index (χ0) is 25.2. The maximum atomic E-state index is 11.2. The predicted molar refractivity (Wildman–Crippen MR) is 150 cm³/mol. The quantitative estimate of drug-likeness (QED) is 0.183. The fourth-order valence-corrected chi connectivity index (χ4v) is 5.09. The molecule has 0 amide bonds. The Balaban J connectivity index is 1.37. The number of unbranched alkanes of at least 4 members (excludes halogenated alkanes) is 9. The van der Waals surface area contributed by atoms with E-state index >= 15 is 0 Å². The van der Waals surface area contributed by atoms with Crippen LogP contribution in [0.5, 0.6) is 5.75 Å². The summed E-state index contributed by atoms with van der Waals surface area (Å²) in [6.45, 7) is 4.40. The van der Waals surface area contributed by atoms with E-state index in [1.165, 1.54) is 63.4 Å². The molecule has 36 heavy (non-hydrogen) atoms. The average Bonchev–Trinajstić information content (AvgIpc) is 3.32. The van der Waals surface area contributed by atoms with Crippen LogP contribution >= 0.6 is 0 Å². The third kappa shape index (κ3) is 6.96. The van der Waals surface area contributed by atoms with E-state index in [2.05, 4.69) is 42.2 Å². The van der Waals surface area contributed by atoms with Gasteiger partial charge in [0.25, 0.3) is 0 Å². The van der Waals surface area contributed by atoms with Crippen molar-refractivity contribution in [1.29, 1.82) is 0 Å². The number of para-hydroxylation sites is 1. The number of aromatic hydroxyl groups is 1. The molecule has 0 aliphatic heterocycles. The normalized spacial score (nSPS) is 11.4. The Morgan fingerprint density at radius 1 is 0.667 bits per heavy atom. The van der Waals surface area contributed by atoms with E-state index in [0.717, 1.165) is 46.3 Å². The largest absolute Gasteiger partial charge is 0.507 e. The molecule has 1 heterocycles. The van der Waals surface area contributed by atoms with Crippen LogP contribution in [-0.4, -0.2) is 20.1 Å². The number of phenols is 1. The second-order valence-electron chi connectivity index (χ2n) is 10.1. The van der Waals surface area contributed by atoms with Crippen LogP contribution in [0, 0.1) is 6.92 Å². The molecule has 190 valence electrons. The highest BCUT2D eigenvalue weighted by Gasteiger charge is 2.14. The summed E-state index contributed by atoms with van der Waals surface area (Å²) >= 11 is 0. The van der Waals surface area contributed by atoms with Crippen LogP contribution in [0.2, 0.25) is 0 Å². The van der Waals surface area contributed by atoms with Crippen molar-refractivity contribution in [3.05, 3.63) is 82.9 Å². The van der Waals surface area contributed by atoms with Gasteiger partial charge in [-0.15, -0.1) is 10.2 Å². The summed E-state index contributed by atoms with van der Waals surface area (Å²) in [5.74, 6) is 0.449. The van der Waals surface area contributed by atoms with Crippen molar-refractivity contribution in [3.8, 4) is 11.4 Å². The van der Waals surface area contributed by atoms with Crippen molar-refractivity contribution in [3.63, 3.8) is 0 Å². The van der Waals surface area contributed by atoms with Gasteiger partial charge in [0.05, 0.1) is 5.69 Å². The number of hydrogen-bond acceptors (Lipinski definition) is 3. The van der Waals surface area contributed by atoms with Crippen LogP contribution < -0.4 is 0 Å². The van der Waals surface area contributed by atoms with Gasteiger partial charge in [-0.1, -0.05) is 113 Å². The highest BCUT2D eigenvalue weighted by molar-refractivity contribution is 5.73. The number of nitrogens with zero attached hydrogens (tertiary/aromatic N) is 3. The van der Waals surface area contributed by atoms with E-state index in [0.29, 0.717) is 12.2 Å². The zero-order valence-electron chi connectivity index (χ0n) is 22.0. The van der Waals surface area contributed by atoms with E-state index in [9.17, 15) is 5.11 Å². The summed E-state index contributed by atoms with van der Waals surface area (Å²) < 4.78 is 0. The fourth-order valence-electron chi connectivity index (χ4n) is 5.09. The first-order valence-electron chi connectivity index (χ1n) is 13.9. The van der Waals surface area contributed by atoms with E-state index in [-0.39, 0.29) is 0 Å². The number of aromatic nitrogens is 3. The molecule has 0 aliphatic carbocycles. The Morgan fingerprint density at radius 3 is 1.89 bits per heavy atom. The van der Waals surface area contributed by atoms with Crippen molar-refractivity contribution >= 4 is 11.0 Å². The Bertz CT molecular complexity index is 1210. The Labute approximate surface area is 216 Å². The van der Waals surface area contributed by atoms with Gasteiger partial charge >= 0.3 is 0 Å². The summed E-state index contributed by atoms with van der Waals surface area (Å²) in [5, 5.41) is 20.5. The van der Waals surface area contributed by atoms with Crippen LogP contribution in [-0.2, 0) is 12.8 Å². The highest BCUT2D eigenvalue weighted by Crippen LogP contribution is 2.30. The lowest BCUT2D eigenvalue weighted by atomic mass is 9.95. The second kappa shape index (κ2) is 13.2. The summed E-state index contributed by atoms with van der Waals surface area (Å²) in [7, 11) is 0. The standard InChI is InChI=1S/C32H41N3O/c1-3-4-5-6-7-8-9-10-11-12-18-27-22-25(2)23-28(32(27)36)24-26-17-13-16-21-31(26)35-33-29-19-14-15-20-30(29)34-35/h13-17,19-23,36H,3-12,18,24H2,1-2H3. The van der Waals surface area contributed by atoms with Crippen LogP contribution in [0.1, 0.15) is 93.4 Å². The summed E-state index contributed by atoms with van der Waals surface area (Å²) in [6, 6.07) is 20.4. The first-order chi connectivity index (χ1) is 17.7. The fraction of sp³-hybridized carbons (Fsp3) is 0.438. The van der Waals surface area contributed by atoms with Crippen molar-refractivity contribution in [1.82, 2.24) is 15.0 Å². The predicted octanol–water partition coefficient (Wildman–Crippen LogP) is 8.49. The molecule has 0 aliphatic rings. The maximum absolute atomic E-state index is 11.2. The first kappa shape index (κ1) is 25.9. The number of rotatable bonds is 14. The SMILES string of the molecule is CCCCCCCCCCCCc1cc(C)cc(Cc2ccccc2-n2nc3ccccc3n2)c1O. The Kier molecular flexibility index (Phi) is 9.54. The van der Waals surface area contributed by atoms with Crippen LogP contribution in [0.15, 0.2) is 60.7 Å². The van der Waals surface area contributed by atoms with Gasteiger partial charge in [-0.3, -0.25) is 0 Å². The van der Waals surface area contributed by atoms with Gasteiger partial charge in [-0.2, -0.15) is 4.80 Å². The van der Waals surface area contributed by atoms with Crippen molar-refractivity contribution in [2.24, 2.45) is 0 Å². The molecule has 4 rings (SSSR count). The van der Waals surface area contributed by atoms with E-state index in [1.807, 2.05) is 42.5 Å². The first-order valence-corrected chi connectivity index (χ1v) is 13.9. The van der Waals surface area contributed by atoms with Gasteiger partial charge in [0, 0.05) is 6.42 Å². The molecule has 0 atom stereocenters. The maximum Gasteiger partial charge on any atom is 0.122 e. The van der Waals surface area contributed by atoms with Gasteiger partial charge in [-0.05, 0) is 54.7 Å². The van der Waals surface area contributed by atoms with Crippen LogP contribution in [0.25, 0.3) is 16.7 Å². The monoisotopic (exact) mass is 483 g/mol. The molecule has 0 saturated carbocycles. The molecule has 4 heteroatoms. The number of fused-ring (bicyclic) bond motifs is 1. The lowest BCUT2D eigenvalue weighted by molar-refractivity contribution is 0.459. The third-order valence-corrected chi connectivity index (χ3v) is 7.09. The van der Waals surface area contributed by atoms with E-state index in [4.69, 9.17) is 0 Å². The van der Waals surface area contributed by atoms with E-state index < -0.39 is 0 Å². The minimum Gasteiger partial charge on any atom is -0.507 e. The minimum atomic E-state index is 0.449. The zero-order valence-corrected chi connectivity index (χ0v) is 22.0. The summed E-state index contributed by atoms with van der Waals surface area (Å²) in [5.41, 5.74) is 7.06. The van der Waals surface area contributed by atoms with Crippen LogP contribution in [0.4, 0.5) is 0 Å². The summed E-state index contributed by atoms with van der Waals surface area (Å²) in [6.07, 6.45) is 14.8. The lowest BCUT2D eigenvalue weighted by Gasteiger charge is -2.14. The Hall–Kier alpha value is -3.14. The van der Waals surface area contributed by atoms with Crippen molar-refractivity contribution in [2.75, 3.05) is 0 Å². The molecule has 1 N–H and O–H groups in total. The van der Waals surface area contributed by atoms with Crippen LogP contribution in [0.3, 0.4) is 0 Å². The molecular formula is C32H41N3O. The number of aryl methyl sites for hydroxylation is 2. The molecule has 0 spiro atoms. The van der Waals surface area contributed by atoms with Gasteiger partial charge in [-0.25, -0.2) is 0 Å². The molecule has 0 bridgehead atoms. The topological polar surface area (TPSA) is 50.9 Å². The second-order valence-corrected chi connectivity index (χ2v) is 10.1. The molecule has 0 unspecified atom stereocenters. The van der Waals surface area contributed by atoms with E-state index in [1.54, 1.807) is 4.80 Å². The molecular weight excluding hydrogens is 442 g/mol. The van der Waals surface area contributed by atoms with Gasteiger partial charge in [0.1, 0.15) is 16.8 Å². The van der Waals surface area contributed by atoms with Crippen molar-refractivity contribution < 1.29 is 5.11 Å². The smallest absolute Gasteiger partial charge is 0.122 e. The summed E-state index contributed by atoms with van der Waals surface area (Å²) in [4.78, 5) is 1.72. The number of hydrogen-bond donors (Lipinski definition) is 1. The number of benzene rings is 3. The molecule has 4 nitrogen and oxygen atoms in total. The van der Waals surface area contributed by atoms with Crippen molar-refractivity contribution in [2.45, 2.75) is 90.9 Å². The Morgan fingerprint density at radius 2 is 1.22 bits per heavy atom. The lowest BCUT2D eigenvalue weighted by Crippen LogP contribution is -2.04. The van der Waals surface area contributed by atoms with Gasteiger partial charge in [0.15, 0.2) is 0 Å². The number of phenolic OH excluding ortho intramolecular Hbond substituents is 1. The molecule has 0 saturated heterocycles. The average molecular weight is 484 g/mol. The molecule has 3 aromatic carbocycles. The molecule has 1 aromatic heterocycles. The highest BCUT2D eigenvalue weighted by atomic mass is 16.3. The molecule has 4 aromatic rings. The molecule has 0 fully saturated rings. The van der Waals surface area contributed by atoms with Gasteiger partial charge in [0.2, 0.25) is 0 Å². The van der Waals surface area contributed by atoms with Gasteiger partial charge < -0.3 is 5.11 Å². The minimum absolute atomic E-state index is 0.449. The molecule has 0 radical (unpaired) electrons.